The minimum atomic E-state index is -0.329. The number of piperazine rings is 1. The summed E-state index contributed by atoms with van der Waals surface area (Å²) in [7, 11) is 0. The first-order valence-electron chi connectivity index (χ1n) is 11.5. The van der Waals surface area contributed by atoms with Gasteiger partial charge in [0.1, 0.15) is 17.9 Å². The minimum absolute atomic E-state index is 0.0881. The Labute approximate surface area is 204 Å². The second-order valence-electron chi connectivity index (χ2n) is 8.85. The van der Waals surface area contributed by atoms with Crippen LogP contribution < -0.4 is 5.32 Å². The minimum Gasteiger partial charge on any atom is -0.368 e. The fraction of sp³-hybridized carbons (Fsp3) is 0.440. The topological polar surface area (TPSA) is 98.6 Å². The van der Waals surface area contributed by atoms with Crippen molar-refractivity contribution in [1.82, 2.24) is 14.8 Å². The molecule has 2 amide bonds. The number of amides is 2. The number of anilines is 1. The summed E-state index contributed by atoms with van der Waals surface area (Å²) in [5.41, 5.74) is 3.11. The van der Waals surface area contributed by atoms with Gasteiger partial charge in [-0.1, -0.05) is 11.6 Å². The Morgan fingerprint density at radius 3 is 2.85 bits per heavy atom. The van der Waals surface area contributed by atoms with Crippen LogP contribution in [0.2, 0.25) is 5.02 Å². The van der Waals surface area contributed by atoms with Crippen LogP contribution in [0, 0.1) is 18.3 Å². The van der Waals surface area contributed by atoms with Gasteiger partial charge in [0.15, 0.2) is 0 Å². The Kier molecular flexibility index (Phi) is 7.47. The van der Waals surface area contributed by atoms with E-state index >= 15 is 0 Å². The molecule has 0 spiro atoms. The van der Waals surface area contributed by atoms with Gasteiger partial charge in [-0.05, 0) is 62.1 Å². The summed E-state index contributed by atoms with van der Waals surface area (Å²) in [5, 5.41) is 12.5. The molecule has 1 N–H and O–H groups in total. The maximum atomic E-state index is 12.8. The Bertz CT molecular complexity index is 1130. The van der Waals surface area contributed by atoms with Crippen LogP contribution in [0.5, 0.6) is 0 Å². The highest BCUT2D eigenvalue weighted by atomic mass is 35.5. The fourth-order valence-corrected chi connectivity index (χ4v) is 4.80. The predicted octanol–water partition coefficient (Wildman–Crippen LogP) is 3.38. The van der Waals surface area contributed by atoms with Crippen LogP contribution in [0.15, 0.2) is 30.5 Å². The number of rotatable bonds is 5. The Hall–Kier alpha value is -2.99. The van der Waals surface area contributed by atoms with Crippen molar-refractivity contribution >= 4 is 29.1 Å². The molecule has 8 nitrogen and oxygen atoms in total. The molecule has 2 atom stereocenters. The molecular weight excluding hydrogens is 454 g/mol. The average molecular weight is 482 g/mol. The second kappa shape index (κ2) is 10.5. The molecule has 0 bridgehead atoms. The van der Waals surface area contributed by atoms with E-state index in [0.29, 0.717) is 36.0 Å². The molecule has 2 unspecified atom stereocenters. The summed E-state index contributed by atoms with van der Waals surface area (Å²) in [4.78, 5) is 33.7. The lowest BCUT2D eigenvalue weighted by molar-refractivity contribution is -0.145. The number of nitrogens with zero attached hydrogens (tertiary/aromatic N) is 4. The maximum absolute atomic E-state index is 12.8. The van der Waals surface area contributed by atoms with Crippen molar-refractivity contribution in [3.05, 3.63) is 57.9 Å². The van der Waals surface area contributed by atoms with E-state index in [-0.39, 0.29) is 29.7 Å². The summed E-state index contributed by atoms with van der Waals surface area (Å²) in [6.45, 7) is 7.51. The zero-order valence-corrected chi connectivity index (χ0v) is 20.1. The lowest BCUT2D eigenvalue weighted by atomic mass is 10.0. The number of carbonyl (C=O) groups excluding carboxylic acids is 2. The molecule has 9 heteroatoms. The van der Waals surface area contributed by atoms with E-state index in [1.807, 2.05) is 24.0 Å². The number of nitriles is 1. The van der Waals surface area contributed by atoms with Gasteiger partial charge in [-0.3, -0.25) is 14.5 Å². The normalized spacial score (nSPS) is 20.7. The molecule has 1 aromatic carbocycles. The van der Waals surface area contributed by atoms with Gasteiger partial charge in [0.2, 0.25) is 0 Å². The van der Waals surface area contributed by atoms with E-state index in [0.717, 1.165) is 37.1 Å². The van der Waals surface area contributed by atoms with Gasteiger partial charge in [-0.2, -0.15) is 5.26 Å². The van der Waals surface area contributed by atoms with Gasteiger partial charge in [0.25, 0.3) is 11.8 Å². The van der Waals surface area contributed by atoms with Crippen molar-refractivity contribution in [2.75, 3.05) is 31.6 Å². The number of pyridine rings is 1. The summed E-state index contributed by atoms with van der Waals surface area (Å²) in [6, 6.07) is 8.69. The van der Waals surface area contributed by atoms with E-state index in [2.05, 4.69) is 22.1 Å². The third-order valence-corrected chi connectivity index (χ3v) is 6.68. The average Bonchev–Trinajstić information content (AvgIpc) is 3.37. The number of benzene rings is 1. The monoisotopic (exact) mass is 481 g/mol. The molecular formula is C25H28ClN5O3. The quantitative estimate of drug-likeness (QED) is 0.703. The number of aromatic nitrogens is 1. The molecule has 178 valence electrons. The Morgan fingerprint density at radius 2 is 2.15 bits per heavy atom. The van der Waals surface area contributed by atoms with Gasteiger partial charge in [0, 0.05) is 61.3 Å². The van der Waals surface area contributed by atoms with Gasteiger partial charge in [-0.15, -0.1) is 0 Å². The summed E-state index contributed by atoms with van der Waals surface area (Å²) in [6.07, 6.45) is 2.89. The number of halogens is 1. The van der Waals surface area contributed by atoms with Crippen LogP contribution in [-0.4, -0.2) is 65.0 Å². The highest BCUT2D eigenvalue weighted by Crippen LogP contribution is 2.27. The number of ether oxygens (including phenoxy) is 1. The molecule has 2 aliphatic heterocycles. The number of carbonyl (C=O) groups is 2. The molecule has 1 aromatic heterocycles. The van der Waals surface area contributed by atoms with E-state index in [4.69, 9.17) is 21.6 Å². The Balaban J connectivity index is 1.43. The zero-order chi connectivity index (χ0) is 24.2. The Morgan fingerprint density at radius 1 is 1.32 bits per heavy atom. The van der Waals surface area contributed by atoms with Gasteiger partial charge < -0.3 is 15.0 Å². The third-order valence-electron chi connectivity index (χ3n) is 6.46. The highest BCUT2D eigenvalue weighted by molar-refractivity contribution is 6.31. The summed E-state index contributed by atoms with van der Waals surface area (Å²) >= 11 is 6.39. The molecule has 0 saturated carbocycles. The van der Waals surface area contributed by atoms with E-state index < -0.39 is 0 Å². The maximum Gasteiger partial charge on any atom is 0.255 e. The van der Waals surface area contributed by atoms with Crippen molar-refractivity contribution in [2.24, 2.45) is 0 Å². The van der Waals surface area contributed by atoms with E-state index in [9.17, 15) is 9.59 Å². The second-order valence-corrected chi connectivity index (χ2v) is 9.29. The van der Waals surface area contributed by atoms with Crippen LogP contribution in [0.4, 0.5) is 5.69 Å². The molecule has 4 rings (SSSR count). The van der Waals surface area contributed by atoms with Crippen LogP contribution in [0.3, 0.4) is 0 Å². The first-order valence-corrected chi connectivity index (χ1v) is 11.8. The lowest BCUT2D eigenvalue weighted by Crippen LogP contribution is -2.55. The smallest absolute Gasteiger partial charge is 0.255 e. The predicted molar refractivity (Wildman–Crippen MR) is 129 cm³/mol. The highest BCUT2D eigenvalue weighted by Gasteiger charge is 2.34. The SMILES string of the molecule is Cc1c(CN2CCN(C(=O)C3CCCO3)C(C)C2)cc(Cl)cc1NC(=O)c1ccnc(C#N)c1. The van der Waals surface area contributed by atoms with Crippen LogP contribution >= 0.6 is 11.6 Å². The van der Waals surface area contributed by atoms with Crippen LogP contribution in [-0.2, 0) is 16.1 Å². The van der Waals surface area contributed by atoms with Crippen molar-refractivity contribution < 1.29 is 14.3 Å². The fourth-order valence-electron chi connectivity index (χ4n) is 4.56. The third kappa shape index (κ3) is 5.39. The molecule has 2 saturated heterocycles. The standard InChI is InChI=1S/C25H28ClN5O3/c1-16-14-30(7-8-31(16)25(33)23-4-3-9-34-23)15-19-10-20(26)12-22(17(19)2)29-24(32)18-5-6-28-21(11-18)13-27/h5-6,10-12,16,23H,3-4,7-9,14-15H2,1-2H3,(H,29,32). The lowest BCUT2D eigenvalue weighted by Gasteiger charge is -2.41. The molecule has 2 aromatic rings. The van der Waals surface area contributed by atoms with Gasteiger partial charge >= 0.3 is 0 Å². The number of nitrogens with one attached hydrogen (secondary N) is 1. The van der Waals surface area contributed by atoms with E-state index in [1.54, 1.807) is 12.1 Å². The van der Waals surface area contributed by atoms with Gasteiger partial charge in [-0.25, -0.2) is 4.98 Å². The summed E-state index contributed by atoms with van der Waals surface area (Å²) < 4.78 is 5.58. The zero-order valence-electron chi connectivity index (χ0n) is 19.4. The first kappa shape index (κ1) is 24.1. The van der Waals surface area contributed by atoms with Gasteiger partial charge in [0.05, 0.1) is 0 Å². The van der Waals surface area contributed by atoms with Crippen LogP contribution in [0.1, 0.15) is 46.9 Å². The van der Waals surface area contributed by atoms with Crippen molar-refractivity contribution in [3.63, 3.8) is 0 Å². The van der Waals surface area contributed by atoms with Crippen molar-refractivity contribution in [3.8, 4) is 6.07 Å². The van der Waals surface area contributed by atoms with Crippen molar-refractivity contribution in [1.29, 1.82) is 5.26 Å². The largest absolute Gasteiger partial charge is 0.368 e. The molecule has 34 heavy (non-hydrogen) atoms. The molecule has 0 aliphatic carbocycles. The molecule has 3 heterocycles. The number of hydrogen-bond acceptors (Lipinski definition) is 6. The first-order chi connectivity index (χ1) is 16.4. The van der Waals surface area contributed by atoms with Crippen LogP contribution in [0.25, 0.3) is 0 Å². The molecule has 2 aliphatic rings. The molecule has 0 radical (unpaired) electrons. The number of hydrogen-bond donors (Lipinski definition) is 1. The summed E-state index contributed by atoms with van der Waals surface area (Å²) in [5.74, 6) is -0.227. The van der Waals surface area contributed by atoms with Crippen molar-refractivity contribution in [2.45, 2.75) is 45.4 Å². The molecule has 2 fully saturated rings. The van der Waals surface area contributed by atoms with E-state index in [1.165, 1.54) is 12.3 Å².